The number of tetrazole rings is 1. The molecule has 2 N–H and O–H groups in total. The molecular formula is C14H13N5. The Bertz CT molecular complexity index is 675. The predicted octanol–water partition coefficient (Wildman–Crippen LogP) is 1.97. The SMILES string of the molecule is Nc1ccccc1-c1nnnn1Cc1ccccc1. The van der Waals surface area contributed by atoms with Gasteiger partial charge in [0.05, 0.1) is 6.54 Å². The Morgan fingerprint density at radius 2 is 1.68 bits per heavy atom. The highest BCUT2D eigenvalue weighted by Crippen LogP contribution is 2.22. The van der Waals surface area contributed by atoms with Crippen molar-refractivity contribution < 1.29 is 0 Å². The van der Waals surface area contributed by atoms with Gasteiger partial charge in [-0.1, -0.05) is 42.5 Å². The maximum Gasteiger partial charge on any atom is 0.184 e. The van der Waals surface area contributed by atoms with Crippen LogP contribution in [0.3, 0.4) is 0 Å². The zero-order valence-corrected chi connectivity index (χ0v) is 10.3. The molecule has 0 saturated heterocycles. The Labute approximate surface area is 110 Å². The van der Waals surface area contributed by atoms with Gasteiger partial charge in [0.15, 0.2) is 5.82 Å². The van der Waals surface area contributed by atoms with Crippen molar-refractivity contribution in [2.24, 2.45) is 0 Å². The predicted molar refractivity (Wildman–Crippen MR) is 73.2 cm³/mol. The van der Waals surface area contributed by atoms with Gasteiger partial charge in [0.1, 0.15) is 0 Å². The molecular weight excluding hydrogens is 238 g/mol. The summed E-state index contributed by atoms with van der Waals surface area (Å²) < 4.78 is 1.75. The molecule has 0 saturated carbocycles. The lowest BCUT2D eigenvalue weighted by atomic mass is 10.1. The van der Waals surface area contributed by atoms with E-state index in [1.165, 1.54) is 0 Å². The van der Waals surface area contributed by atoms with Crippen molar-refractivity contribution >= 4 is 5.69 Å². The van der Waals surface area contributed by atoms with Gasteiger partial charge in [-0.3, -0.25) is 0 Å². The van der Waals surface area contributed by atoms with E-state index in [1.807, 2.05) is 54.6 Å². The topological polar surface area (TPSA) is 69.6 Å². The number of para-hydroxylation sites is 1. The molecule has 3 rings (SSSR count). The van der Waals surface area contributed by atoms with Gasteiger partial charge in [0, 0.05) is 11.3 Å². The van der Waals surface area contributed by atoms with Gasteiger partial charge in [-0.15, -0.1) is 5.10 Å². The number of hydrogen-bond acceptors (Lipinski definition) is 4. The Hall–Kier alpha value is -2.69. The van der Waals surface area contributed by atoms with Gasteiger partial charge in [-0.2, -0.15) is 0 Å². The van der Waals surface area contributed by atoms with Crippen molar-refractivity contribution in [2.45, 2.75) is 6.54 Å². The van der Waals surface area contributed by atoms with Crippen LogP contribution in [0.25, 0.3) is 11.4 Å². The molecule has 0 aliphatic rings. The minimum absolute atomic E-state index is 0.623. The van der Waals surface area contributed by atoms with Crippen molar-refractivity contribution in [1.82, 2.24) is 20.2 Å². The average molecular weight is 251 g/mol. The van der Waals surface area contributed by atoms with Crippen LogP contribution in [0, 0.1) is 0 Å². The molecule has 2 aromatic carbocycles. The highest BCUT2D eigenvalue weighted by atomic mass is 15.5. The number of anilines is 1. The minimum atomic E-state index is 0.623. The summed E-state index contributed by atoms with van der Waals surface area (Å²) in [7, 11) is 0. The van der Waals surface area contributed by atoms with Crippen LogP contribution in [0.2, 0.25) is 0 Å². The second-order valence-electron chi connectivity index (χ2n) is 4.23. The summed E-state index contributed by atoms with van der Waals surface area (Å²) >= 11 is 0. The van der Waals surface area contributed by atoms with E-state index >= 15 is 0 Å². The first kappa shape index (κ1) is 11.4. The lowest BCUT2D eigenvalue weighted by molar-refractivity contribution is 0.653. The van der Waals surface area contributed by atoms with Gasteiger partial charge < -0.3 is 5.73 Å². The van der Waals surface area contributed by atoms with Crippen molar-refractivity contribution in [3.8, 4) is 11.4 Å². The first-order chi connectivity index (χ1) is 9.34. The van der Waals surface area contributed by atoms with E-state index in [1.54, 1.807) is 4.68 Å². The fourth-order valence-electron chi connectivity index (χ4n) is 1.96. The average Bonchev–Trinajstić information content (AvgIpc) is 2.88. The zero-order valence-electron chi connectivity index (χ0n) is 10.3. The maximum absolute atomic E-state index is 5.97. The van der Waals surface area contributed by atoms with E-state index < -0.39 is 0 Å². The van der Waals surface area contributed by atoms with E-state index in [2.05, 4.69) is 15.5 Å². The van der Waals surface area contributed by atoms with Crippen LogP contribution >= 0.6 is 0 Å². The van der Waals surface area contributed by atoms with Crippen LogP contribution in [0.4, 0.5) is 5.69 Å². The van der Waals surface area contributed by atoms with E-state index in [-0.39, 0.29) is 0 Å². The summed E-state index contributed by atoms with van der Waals surface area (Å²) in [6.07, 6.45) is 0. The third-order valence-corrected chi connectivity index (χ3v) is 2.91. The van der Waals surface area contributed by atoms with E-state index in [9.17, 15) is 0 Å². The van der Waals surface area contributed by atoms with Crippen LogP contribution < -0.4 is 5.73 Å². The first-order valence-corrected chi connectivity index (χ1v) is 5.99. The molecule has 0 bridgehead atoms. The van der Waals surface area contributed by atoms with Gasteiger partial charge in [-0.25, -0.2) is 4.68 Å². The lowest BCUT2D eigenvalue weighted by Crippen LogP contribution is -2.05. The molecule has 0 unspecified atom stereocenters. The maximum atomic E-state index is 5.97. The molecule has 0 fully saturated rings. The van der Waals surface area contributed by atoms with Gasteiger partial charge >= 0.3 is 0 Å². The van der Waals surface area contributed by atoms with E-state index in [0.29, 0.717) is 18.1 Å². The Morgan fingerprint density at radius 1 is 0.947 bits per heavy atom. The summed E-state index contributed by atoms with van der Waals surface area (Å²) in [5, 5.41) is 11.8. The van der Waals surface area contributed by atoms with Crippen LogP contribution in [-0.4, -0.2) is 20.2 Å². The first-order valence-electron chi connectivity index (χ1n) is 5.99. The van der Waals surface area contributed by atoms with E-state index in [4.69, 9.17) is 5.73 Å². The largest absolute Gasteiger partial charge is 0.398 e. The third-order valence-electron chi connectivity index (χ3n) is 2.91. The molecule has 19 heavy (non-hydrogen) atoms. The Kier molecular flexibility index (Phi) is 2.94. The van der Waals surface area contributed by atoms with Crippen molar-refractivity contribution in [3.63, 3.8) is 0 Å². The van der Waals surface area contributed by atoms with Gasteiger partial charge in [-0.05, 0) is 28.1 Å². The lowest BCUT2D eigenvalue weighted by Gasteiger charge is -2.06. The summed E-state index contributed by atoms with van der Waals surface area (Å²) in [5.74, 6) is 0.682. The standard InChI is InChI=1S/C14H13N5/c15-13-9-5-4-8-12(13)14-16-17-18-19(14)10-11-6-2-1-3-7-11/h1-9H,10,15H2. The number of benzene rings is 2. The highest BCUT2D eigenvalue weighted by Gasteiger charge is 2.11. The molecule has 1 heterocycles. The molecule has 0 spiro atoms. The summed E-state index contributed by atoms with van der Waals surface area (Å²) in [6, 6.07) is 17.6. The van der Waals surface area contributed by atoms with Crippen LogP contribution in [0.5, 0.6) is 0 Å². The van der Waals surface area contributed by atoms with Crippen LogP contribution in [-0.2, 0) is 6.54 Å². The van der Waals surface area contributed by atoms with Crippen LogP contribution in [0.15, 0.2) is 54.6 Å². The molecule has 1 aromatic heterocycles. The summed E-state index contributed by atoms with van der Waals surface area (Å²) in [5.41, 5.74) is 8.63. The highest BCUT2D eigenvalue weighted by molar-refractivity contribution is 5.71. The zero-order chi connectivity index (χ0) is 13.1. The quantitative estimate of drug-likeness (QED) is 0.722. The molecule has 0 radical (unpaired) electrons. The van der Waals surface area contributed by atoms with Crippen molar-refractivity contribution in [1.29, 1.82) is 0 Å². The van der Waals surface area contributed by atoms with Gasteiger partial charge in [0.2, 0.25) is 0 Å². The molecule has 0 aliphatic heterocycles. The second-order valence-corrected chi connectivity index (χ2v) is 4.23. The number of nitrogens with two attached hydrogens (primary N) is 1. The second kappa shape index (κ2) is 4.89. The fourth-order valence-corrected chi connectivity index (χ4v) is 1.96. The van der Waals surface area contributed by atoms with Crippen molar-refractivity contribution in [2.75, 3.05) is 5.73 Å². The fraction of sp³-hybridized carbons (Fsp3) is 0.0714. The number of nitrogens with zero attached hydrogens (tertiary/aromatic N) is 4. The van der Waals surface area contributed by atoms with Gasteiger partial charge in [0.25, 0.3) is 0 Å². The molecule has 0 amide bonds. The Morgan fingerprint density at radius 3 is 2.47 bits per heavy atom. The molecule has 94 valence electrons. The molecule has 5 nitrogen and oxygen atoms in total. The molecule has 0 aliphatic carbocycles. The minimum Gasteiger partial charge on any atom is -0.398 e. The monoisotopic (exact) mass is 251 g/mol. The Balaban J connectivity index is 1.98. The smallest absolute Gasteiger partial charge is 0.184 e. The molecule has 5 heteroatoms. The molecule has 0 atom stereocenters. The number of nitrogen functional groups attached to an aromatic ring is 1. The number of rotatable bonds is 3. The number of hydrogen-bond donors (Lipinski definition) is 1. The normalized spacial score (nSPS) is 10.5. The van der Waals surface area contributed by atoms with Crippen LogP contribution in [0.1, 0.15) is 5.56 Å². The molecule has 3 aromatic rings. The summed E-state index contributed by atoms with van der Waals surface area (Å²) in [4.78, 5) is 0. The van der Waals surface area contributed by atoms with Crippen molar-refractivity contribution in [3.05, 3.63) is 60.2 Å². The third kappa shape index (κ3) is 2.30. The number of aromatic nitrogens is 4. The van der Waals surface area contributed by atoms with E-state index in [0.717, 1.165) is 11.1 Å². The summed E-state index contributed by atoms with van der Waals surface area (Å²) in [6.45, 7) is 0.623.